The number of halogens is 6. The van der Waals surface area contributed by atoms with Crippen LogP contribution >= 0.6 is 47.8 Å². The minimum absolute atomic E-state index is 0. The number of hydrogen-bond donors (Lipinski definition) is 0. The van der Waals surface area contributed by atoms with Gasteiger partial charge in [-0.1, -0.05) is 47.8 Å². The summed E-state index contributed by atoms with van der Waals surface area (Å²) in [7, 11) is 0. The van der Waals surface area contributed by atoms with Gasteiger partial charge in [-0.3, -0.25) is 0 Å². The van der Waals surface area contributed by atoms with E-state index in [0.717, 1.165) is 0 Å². The van der Waals surface area contributed by atoms with Crippen LogP contribution in [0.15, 0.2) is 0 Å². The number of aliphatic carboxylic acids is 2. The Bertz CT molecular complexity index is 208. The van der Waals surface area contributed by atoms with Gasteiger partial charge in [0.15, 0.2) is 2.14 Å². The number of rotatable bonds is 0. The third-order valence-electron chi connectivity index (χ3n) is 0.463. The molecule has 12 heteroatoms. The van der Waals surface area contributed by atoms with Gasteiger partial charge in [0.25, 0.3) is 0 Å². The summed E-state index contributed by atoms with van der Waals surface area (Å²) in [6.07, 6.45) is -5.19. The van der Waals surface area contributed by atoms with Crippen LogP contribution in [0.2, 0.25) is 0 Å². The smallest absolute Gasteiger partial charge is 0.547 e. The van der Waals surface area contributed by atoms with Gasteiger partial charge >= 0.3 is 87.1 Å². The van der Waals surface area contributed by atoms with Crippen LogP contribution in [0.3, 0.4) is 0 Å². The normalized spacial score (nSPS) is 9.88. The summed E-state index contributed by atoms with van der Waals surface area (Å²) in [5.41, 5.74) is 0. The van der Waals surface area contributed by atoms with E-state index in [0.29, 0.717) is 0 Å². The summed E-state index contributed by atoms with van der Waals surface area (Å²) in [4.78, 5) is 18.6. The minimum Gasteiger partial charge on any atom is -0.547 e. The molecule has 0 atom stereocenters. The van der Waals surface area contributed by atoms with E-state index in [-0.39, 0.29) is 80.9 Å². The van der Waals surface area contributed by atoms with Crippen molar-refractivity contribution < 1.29 is 114 Å². The Kier molecular flexibility index (Phi) is 19.8. The molecule has 0 fully saturated rings. The fourth-order valence-corrected chi connectivity index (χ4v) is 0. The van der Waals surface area contributed by atoms with Crippen LogP contribution in [0.25, 0.3) is 0 Å². The fraction of sp³-hybridized carbons (Fsp3) is 0.500. The zero-order valence-electron chi connectivity index (χ0n) is 7.90. The predicted octanol–water partition coefficient (Wildman–Crippen LogP) is -6.12. The maximum absolute atomic E-state index is 10.5. The van der Waals surface area contributed by atoms with Crippen LogP contribution in [0.4, 0.5) is 13.2 Å². The molecule has 4 nitrogen and oxygen atoms in total. The standard InChI is InChI=1S/C2HBr3O2.C2HF3O2.K.Na/c2*3-2(4,5)1(6)7;;/h2*(H,6,7);;/q;;2*+1/p-2. The van der Waals surface area contributed by atoms with E-state index >= 15 is 0 Å². The van der Waals surface area contributed by atoms with Crippen molar-refractivity contribution in [3.8, 4) is 0 Å². The van der Waals surface area contributed by atoms with E-state index in [1.165, 1.54) is 0 Å². The van der Waals surface area contributed by atoms with Crippen LogP contribution < -0.4 is 91.2 Å². The van der Waals surface area contributed by atoms with Crippen LogP contribution in [-0.4, -0.2) is 20.3 Å². The molecule has 0 saturated carbocycles. The van der Waals surface area contributed by atoms with Crippen molar-refractivity contribution in [2.75, 3.05) is 0 Å². The summed E-state index contributed by atoms with van der Waals surface area (Å²) in [5.74, 6) is -4.26. The first kappa shape index (κ1) is 27.2. The third-order valence-corrected chi connectivity index (χ3v) is 1.43. The molecule has 0 bridgehead atoms. The molecule has 0 aromatic heterocycles. The zero-order valence-corrected chi connectivity index (χ0v) is 17.8. The molecule has 0 amide bonds. The zero-order chi connectivity index (χ0) is 12.2. The van der Waals surface area contributed by atoms with E-state index in [2.05, 4.69) is 47.8 Å². The van der Waals surface area contributed by atoms with Crippen molar-refractivity contribution in [2.45, 2.75) is 8.32 Å². The van der Waals surface area contributed by atoms with Gasteiger partial charge in [0.1, 0.15) is 5.97 Å². The van der Waals surface area contributed by atoms with Gasteiger partial charge in [0.05, 0.1) is 5.97 Å². The fourth-order valence-electron chi connectivity index (χ4n) is 0. The average Bonchev–Trinajstić information content (AvgIpc) is 1.83. The van der Waals surface area contributed by atoms with Gasteiger partial charge in [-0.25, -0.2) is 0 Å². The quantitative estimate of drug-likeness (QED) is 0.261. The molecule has 16 heavy (non-hydrogen) atoms. The Morgan fingerprint density at radius 3 is 1.06 bits per heavy atom. The summed E-state index contributed by atoms with van der Waals surface area (Å²) < 4.78 is 30.3. The van der Waals surface area contributed by atoms with Crippen LogP contribution in [0, 0.1) is 0 Å². The first-order valence-corrected chi connectivity index (χ1v) is 4.83. The summed E-state index contributed by atoms with van der Waals surface area (Å²) >= 11 is 8.14. The number of hydrogen-bond acceptors (Lipinski definition) is 4. The number of carboxylic acid groups (broad SMARTS) is 2. The number of carboxylic acids is 2. The van der Waals surface area contributed by atoms with Gasteiger partial charge in [-0.2, -0.15) is 13.2 Å². The minimum atomic E-state index is -5.19. The molecule has 84 valence electrons. The van der Waals surface area contributed by atoms with Crippen LogP contribution in [0.5, 0.6) is 0 Å². The van der Waals surface area contributed by atoms with Crippen molar-refractivity contribution in [2.24, 2.45) is 0 Å². The molecule has 0 N–H and O–H groups in total. The Balaban J connectivity index is -0.0000000800. The molecule has 0 aromatic carbocycles. The van der Waals surface area contributed by atoms with E-state index in [1.54, 1.807) is 0 Å². The molecule has 0 rings (SSSR count). The SMILES string of the molecule is O=C([O-])C(Br)(Br)Br.O=C([O-])C(F)(F)F.[K+].[Na+]. The van der Waals surface area contributed by atoms with E-state index in [1.807, 2.05) is 0 Å². The molecule has 0 saturated heterocycles. The molecule has 0 aromatic rings. The molecular formula is C4Br3F3KNaO4. The summed E-state index contributed by atoms with van der Waals surface area (Å²) in [5, 5.41) is 18.6. The van der Waals surface area contributed by atoms with Crippen LogP contribution in [0.1, 0.15) is 0 Å². The molecule has 0 aliphatic rings. The first-order chi connectivity index (χ1) is 5.89. The molecular weight excluding hydrogens is 471 g/mol. The van der Waals surface area contributed by atoms with E-state index < -0.39 is 20.3 Å². The predicted molar refractivity (Wildman–Crippen MR) is 45.6 cm³/mol. The Morgan fingerprint density at radius 1 is 0.938 bits per heavy atom. The second-order valence-corrected chi connectivity index (χ2v) is 8.33. The molecule has 0 radical (unpaired) electrons. The number of alkyl halides is 6. The molecule has 0 heterocycles. The number of carbonyl (C=O) groups is 2. The van der Waals surface area contributed by atoms with Gasteiger partial charge in [0, 0.05) is 0 Å². The molecule has 0 unspecified atom stereocenters. The maximum atomic E-state index is 10.5. The first-order valence-electron chi connectivity index (χ1n) is 2.45. The monoisotopic (exact) mass is 468 g/mol. The largest absolute Gasteiger partial charge is 1.00 e. The Labute approximate surface area is 178 Å². The summed E-state index contributed by atoms with van der Waals surface area (Å²) in [6.45, 7) is 0. The van der Waals surface area contributed by atoms with Gasteiger partial charge in [-0.05, 0) is 0 Å². The average molecular weight is 471 g/mol. The Hall–Kier alpha value is 2.81. The van der Waals surface area contributed by atoms with Gasteiger partial charge < -0.3 is 19.8 Å². The maximum Gasteiger partial charge on any atom is 1.00 e. The van der Waals surface area contributed by atoms with Crippen molar-refractivity contribution in [1.29, 1.82) is 0 Å². The second kappa shape index (κ2) is 11.6. The molecule has 0 aliphatic heterocycles. The second-order valence-electron chi connectivity index (χ2n) is 1.57. The topological polar surface area (TPSA) is 80.3 Å². The van der Waals surface area contributed by atoms with Crippen molar-refractivity contribution in [3.63, 3.8) is 0 Å². The van der Waals surface area contributed by atoms with Crippen molar-refractivity contribution >= 4 is 59.7 Å². The molecule has 0 spiro atoms. The van der Waals surface area contributed by atoms with Crippen molar-refractivity contribution in [1.82, 2.24) is 0 Å². The van der Waals surface area contributed by atoms with Gasteiger partial charge in [0.2, 0.25) is 0 Å². The molecule has 0 aliphatic carbocycles. The van der Waals surface area contributed by atoms with Crippen LogP contribution in [-0.2, 0) is 9.59 Å². The third kappa shape index (κ3) is 19.2. The van der Waals surface area contributed by atoms with E-state index in [4.69, 9.17) is 9.90 Å². The van der Waals surface area contributed by atoms with Gasteiger partial charge in [-0.15, -0.1) is 0 Å². The van der Waals surface area contributed by atoms with Crippen molar-refractivity contribution in [3.05, 3.63) is 0 Å². The Morgan fingerprint density at radius 2 is 1.06 bits per heavy atom. The summed E-state index contributed by atoms with van der Waals surface area (Å²) in [6, 6.07) is 0. The number of carbonyl (C=O) groups excluding carboxylic acids is 2. The van der Waals surface area contributed by atoms with E-state index in [9.17, 15) is 23.1 Å².